The number of nitrogens with one attached hydrogen (secondary N) is 1. The molecule has 1 aliphatic heterocycles. The Morgan fingerprint density at radius 1 is 1.27 bits per heavy atom. The molecule has 0 fully saturated rings. The molecule has 0 saturated heterocycles. The fourth-order valence-corrected chi connectivity index (χ4v) is 3.73. The number of ether oxygens (including phenoxy) is 1. The number of amides is 1. The van der Waals surface area contributed by atoms with Crippen LogP contribution in [-0.4, -0.2) is 33.2 Å². The monoisotopic (exact) mass is 378 g/mol. The highest BCUT2D eigenvalue weighted by molar-refractivity contribution is 7.92. The van der Waals surface area contributed by atoms with E-state index in [1.165, 1.54) is 22.5 Å². The Morgan fingerprint density at radius 2 is 2.00 bits per heavy atom. The highest BCUT2D eigenvalue weighted by Gasteiger charge is 2.31. The highest BCUT2D eigenvalue weighted by atomic mass is 32.2. The first-order valence-electron chi connectivity index (χ1n) is 8.06. The van der Waals surface area contributed by atoms with Crippen molar-refractivity contribution in [3.8, 4) is 5.75 Å². The van der Waals surface area contributed by atoms with Crippen LogP contribution in [0.4, 0.5) is 15.8 Å². The topological polar surface area (TPSA) is 75.7 Å². The van der Waals surface area contributed by atoms with Gasteiger partial charge >= 0.3 is 0 Å². The third kappa shape index (κ3) is 3.80. The number of hydrogen-bond acceptors (Lipinski definition) is 4. The first-order valence-corrected chi connectivity index (χ1v) is 9.91. The number of para-hydroxylation sites is 1. The van der Waals surface area contributed by atoms with E-state index in [0.29, 0.717) is 11.4 Å². The van der Waals surface area contributed by atoms with Crippen molar-refractivity contribution in [1.82, 2.24) is 0 Å². The summed E-state index contributed by atoms with van der Waals surface area (Å²) in [5.41, 5.74) is 1.32. The number of fused-ring (bicyclic) bond motifs is 1. The summed E-state index contributed by atoms with van der Waals surface area (Å²) < 4.78 is 45.0. The lowest BCUT2D eigenvalue weighted by Crippen LogP contribution is -2.36. The van der Waals surface area contributed by atoms with E-state index in [-0.39, 0.29) is 18.7 Å². The second kappa shape index (κ2) is 6.95. The third-order valence-electron chi connectivity index (χ3n) is 4.07. The summed E-state index contributed by atoms with van der Waals surface area (Å²) in [4.78, 5) is 12.5. The number of halogens is 1. The molecule has 2 aromatic carbocycles. The van der Waals surface area contributed by atoms with Gasteiger partial charge in [-0.25, -0.2) is 12.8 Å². The normalized spacial score (nSPS) is 17.0. The van der Waals surface area contributed by atoms with Crippen LogP contribution in [0.5, 0.6) is 5.75 Å². The van der Waals surface area contributed by atoms with Crippen LogP contribution in [0.1, 0.15) is 12.0 Å². The fourth-order valence-electron chi connectivity index (χ4n) is 2.79. The van der Waals surface area contributed by atoms with Gasteiger partial charge in [0.2, 0.25) is 10.0 Å². The van der Waals surface area contributed by atoms with Crippen molar-refractivity contribution < 1.29 is 22.3 Å². The molecule has 1 N–H and O–H groups in total. The fraction of sp³-hybridized carbons (Fsp3) is 0.278. The number of rotatable bonds is 3. The maximum atomic E-state index is 13.8. The van der Waals surface area contributed by atoms with Crippen molar-refractivity contribution >= 4 is 27.3 Å². The molecule has 1 unspecified atom stereocenters. The van der Waals surface area contributed by atoms with Crippen molar-refractivity contribution in [2.75, 3.05) is 22.4 Å². The van der Waals surface area contributed by atoms with Gasteiger partial charge in [-0.3, -0.25) is 9.10 Å². The molecule has 1 amide bonds. The molecular weight excluding hydrogens is 359 g/mol. The summed E-state index contributed by atoms with van der Waals surface area (Å²) in [6.07, 6.45) is 0.308. The molecule has 3 rings (SSSR count). The molecule has 0 radical (unpaired) electrons. The predicted molar refractivity (Wildman–Crippen MR) is 97.4 cm³/mol. The van der Waals surface area contributed by atoms with Gasteiger partial charge in [0, 0.05) is 13.0 Å². The number of carbonyl (C=O) groups excluding carboxylic acids is 1. The smallest absolute Gasteiger partial charge is 0.265 e. The number of benzene rings is 2. The van der Waals surface area contributed by atoms with Crippen LogP contribution >= 0.6 is 0 Å². The van der Waals surface area contributed by atoms with Gasteiger partial charge in [-0.1, -0.05) is 18.2 Å². The van der Waals surface area contributed by atoms with Crippen LogP contribution in [-0.2, 0) is 14.8 Å². The molecular formula is C18H19FN2O4S. The summed E-state index contributed by atoms with van der Waals surface area (Å²) in [7, 11) is -3.53. The standard InChI is InChI=1S/C18H19FN2O4S/c1-12-7-8-16-15(11-12)21(26(2,23)24)10-9-17(25-16)18(22)20-14-6-4-3-5-13(14)19/h3-8,11,17H,9-10H2,1-2H3,(H,20,22). The van der Waals surface area contributed by atoms with Crippen LogP contribution in [0, 0.1) is 12.7 Å². The zero-order valence-electron chi connectivity index (χ0n) is 14.4. The number of nitrogens with zero attached hydrogens (tertiary/aromatic N) is 1. The summed E-state index contributed by atoms with van der Waals surface area (Å²) in [5, 5.41) is 2.50. The van der Waals surface area contributed by atoms with E-state index in [4.69, 9.17) is 4.74 Å². The minimum absolute atomic E-state index is 0.0504. The summed E-state index contributed by atoms with van der Waals surface area (Å²) in [5.74, 6) is -0.785. The van der Waals surface area contributed by atoms with Gasteiger partial charge in [0.1, 0.15) is 11.6 Å². The molecule has 1 heterocycles. The molecule has 0 aliphatic carbocycles. The number of carbonyl (C=O) groups is 1. The van der Waals surface area contributed by atoms with E-state index in [2.05, 4.69) is 5.32 Å². The Kier molecular flexibility index (Phi) is 4.86. The molecule has 0 bridgehead atoms. The third-order valence-corrected chi connectivity index (χ3v) is 5.25. The minimum Gasteiger partial charge on any atom is -0.478 e. The Bertz CT molecular complexity index is 946. The largest absolute Gasteiger partial charge is 0.478 e. The highest BCUT2D eigenvalue weighted by Crippen LogP contribution is 2.35. The lowest BCUT2D eigenvalue weighted by molar-refractivity contribution is -0.122. The molecule has 0 aromatic heterocycles. The summed E-state index contributed by atoms with van der Waals surface area (Å²) >= 11 is 0. The molecule has 138 valence electrons. The van der Waals surface area contributed by atoms with Crippen molar-refractivity contribution in [2.24, 2.45) is 0 Å². The average molecular weight is 378 g/mol. The van der Waals surface area contributed by atoms with E-state index >= 15 is 0 Å². The summed E-state index contributed by atoms with van der Waals surface area (Å²) in [6.45, 7) is 1.93. The molecule has 6 nitrogen and oxygen atoms in total. The summed E-state index contributed by atoms with van der Waals surface area (Å²) in [6, 6.07) is 10.9. The van der Waals surface area contributed by atoms with E-state index in [9.17, 15) is 17.6 Å². The van der Waals surface area contributed by atoms with Crippen molar-refractivity contribution in [3.05, 3.63) is 53.8 Å². The molecule has 1 aliphatic rings. The number of aryl methyl sites for hydroxylation is 1. The Labute approximate surface area is 151 Å². The number of sulfonamides is 1. The van der Waals surface area contributed by atoms with E-state index in [1.54, 1.807) is 24.3 Å². The van der Waals surface area contributed by atoms with Crippen LogP contribution in [0.15, 0.2) is 42.5 Å². The van der Waals surface area contributed by atoms with Gasteiger partial charge in [0.05, 0.1) is 17.6 Å². The Hall–Kier alpha value is -2.61. The lowest BCUT2D eigenvalue weighted by atomic mass is 10.2. The molecule has 0 spiro atoms. The molecule has 8 heteroatoms. The van der Waals surface area contributed by atoms with Crippen LogP contribution in [0.3, 0.4) is 0 Å². The van der Waals surface area contributed by atoms with Crippen LogP contribution in [0.25, 0.3) is 0 Å². The molecule has 2 aromatic rings. The first-order chi connectivity index (χ1) is 12.3. The molecule has 0 saturated carbocycles. The molecule has 26 heavy (non-hydrogen) atoms. The van der Waals surface area contributed by atoms with Gasteiger partial charge in [-0.05, 0) is 36.8 Å². The van der Waals surface area contributed by atoms with Crippen molar-refractivity contribution in [2.45, 2.75) is 19.4 Å². The second-order valence-corrected chi connectivity index (χ2v) is 8.08. The van der Waals surface area contributed by atoms with Crippen molar-refractivity contribution in [3.63, 3.8) is 0 Å². The molecule has 1 atom stereocenters. The Morgan fingerprint density at radius 3 is 2.69 bits per heavy atom. The second-order valence-electron chi connectivity index (χ2n) is 6.17. The number of anilines is 2. The average Bonchev–Trinajstić information content (AvgIpc) is 2.76. The van der Waals surface area contributed by atoms with Gasteiger partial charge in [0.25, 0.3) is 5.91 Å². The van der Waals surface area contributed by atoms with Gasteiger partial charge in [-0.15, -0.1) is 0 Å². The maximum absolute atomic E-state index is 13.8. The predicted octanol–water partition coefficient (Wildman–Crippen LogP) is 2.69. The SMILES string of the molecule is Cc1ccc2c(c1)N(S(C)(=O)=O)CCC(C(=O)Nc1ccccc1F)O2. The van der Waals surface area contributed by atoms with E-state index in [1.807, 2.05) is 6.92 Å². The van der Waals surface area contributed by atoms with Gasteiger partial charge in [-0.2, -0.15) is 0 Å². The Balaban J connectivity index is 1.89. The zero-order chi connectivity index (χ0) is 18.9. The quantitative estimate of drug-likeness (QED) is 0.891. The van der Waals surface area contributed by atoms with E-state index < -0.39 is 27.9 Å². The van der Waals surface area contributed by atoms with Crippen molar-refractivity contribution in [1.29, 1.82) is 0 Å². The van der Waals surface area contributed by atoms with Crippen LogP contribution < -0.4 is 14.4 Å². The van der Waals surface area contributed by atoms with Gasteiger partial charge in [0.15, 0.2) is 6.10 Å². The maximum Gasteiger partial charge on any atom is 0.265 e. The minimum atomic E-state index is -3.53. The lowest BCUT2D eigenvalue weighted by Gasteiger charge is -2.21. The zero-order valence-corrected chi connectivity index (χ0v) is 15.2. The van der Waals surface area contributed by atoms with Gasteiger partial charge < -0.3 is 10.1 Å². The van der Waals surface area contributed by atoms with E-state index in [0.717, 1.165) is 11.8 Å². The first kappa shape index (κ1) is 18.2. The van der Waals surface area contributed by atoms with Crippen LogP contribution in [0.2, 0.25) is 0 Å². The number of hydrogen-bond donors (Lipinski definition) is 1.